The van der Waals surface area contributed by atoms with Gasteiger partial charge in [-0.1, -0.05) is 23.9 Å². The number of aryl methyl sites for hydroxylation is 1. The quantitative estimate of drug-likeness (QED) is 0.448. The van der Waals surface area contributed by atoms with Crippen molar-refractivity contribution in [3.05, 3.63) is 58.1 Å². The Bertz CT molecular complexity index is 913. The molecule has 0 amide bonds. The first kappa shape index (κ1) is 17.6. The summed E-state index contributed by atoms with van der Waals surface area (Å²) in [7, 11) is 1.59. The second-order valence-electron chi connectivity index (χ2n) is 5.27. The molecule has 6 nitrogen and oxygen atoms in total. The maximum atomic E-state index is 12.4. The third kappa shape index (κ3) is 4.08. The normalized spacial score (nSPS) is 10.7. The molecule has 0 aliphatic rings. The standard InChI is InChI=1S/C17H15BrN4O2S/c1-11-4-3-5-13(8-11)22-17(19-20-21-22)25-10-15(23)12-6-7-16(24-2)14(18)9-12/h3-9H,10H2,1-2H3. The lowest BCUT2D eigenvalue weighted by Crippen LogP contribution is -2.05. The van der Waals surface area contributed by atoms with Gasteiger partial charge >= 0.3 is 0 Å². The SMILES string of the molecule is COc1ccc(C(=O)CSc2nnnn2-c2cccc(C)c2)cc1Br. The van der Waals surface area contributed by atoms with E-state index in [-0.39, 0.29) is 11.5 Å². The average Bonchev–Trinajstić information content (AvgIpc) is 3.08. The Morgan fingerprint density at radius 2 is 2.12 bits per heavy atom. The van der Waals surface area contributed by atoms with E-state index in [0.29, 0.717) is 16.5 Å². The summed E-state index contributed by atoms with van der Waals surface area (Å²) in [5.74, 6) is 0.921. The summed E-state index contributed by atoms with van der Waals surface area (Å²) in [5.41, 5.74) is 2.59. The van der Waals surface area contributed by atoms with Crippen LogP contribution in [0.2, 0.25) is 0 Å². The van der Waals surface area contributed by atoms with Gasteiger partial charge in [-0.3, -0.25) is 4.79 Å². The number of benzene rings is 2. The molecule has 1 aromatic heterocycles. The van der Waals surface area contributed by atoms with Crippen molar-refractivity contribution in [3.63, 3.8) is 0 Å². The van der Waals surface area contributed by atoms with Crippen molar-refractivity contribution in [1.82, 2.24) is 20.2 Å². The number of rotatable bonds is 6. The highest BCUT2D eigenvalue weighted by atomic mass is 79.9. The maximum Gasteiger partial charge on any atom is 0.214 e. The molecule has 25 heavy (non-hydrogen) atoms. The molecule has 0 unspecified atom stereocenters. The summed E-state index contributed by atoms with van der Waals surface area (Å²) in [4.78, 5) is 12.4. The number of nitrogens with zero attached hydrogens (tertiary/aromatic N) is 4. The van der Waals surface area contributed by atoms with Crippen LogP contribution in [0.4, 0.5) is 0 Å². The van der Waals surface area contributed by atoms with Crippen molar-refractivity contribution < 1.29 is 9.53 Å². The third-order valence-electron chi connectivity index (χ3n) is 3.49. The van der Waals surface area contributed by atoms with Gasteiger partial charge in [0.1, 0.15) is 5.75 Å². The van der Waals surface area contributed by atoms with Gasteiger partial charge in [-0.15, -0.1) is 5.10 Å². The molecule has 2 aromatic carbocycles. The van der Waals surface area contributed by atoms with Crippen molar-refractivity contribution in [2.75, 3.05) is 12.9 Å². The first-order valence-electron chi connectivity index (χ1n) is 7.43. The van der Waals surface area contributed by atoms with Crippen molar-refractivity contribution in [2.24, 2.45) is 0 Å². The smallest absolute Gasteiger partial charge is 0.214 e. The molecule has 0 aliphatic carbocycles. The molecule has 0 bridgehead atoms. The minimum atomic E-state index is -0.00727. The zero-order chi connectivity index (χ0) is 17.8. The highest BCUT2D eigenvalue weighted by Crippen LogP contribution is 2.27. The van der Waals surface area contributed by atoms with Crippen molar-refractivity contribution in [1.29, 1.82) is 0 Å². The number of ketones is 1. The molecule has 3 rings (SSSR count). The zero-order valence-corrected chi connectivity index (χ0v) is 16.0. The van der Waals surface area contributed by atoms with E-state index in [9.17, 15) is 4.79 Å². The molecule has 1 heterocycles. The van der Waals surface area contributed by atoms with Crippen LogP contribution in [0.1, 0.15) is 15.9 Å². The van der Waals surface area contributed by atoms with Gasteiger partial charge in [0, 0.05) is 5.56 Å². The lowest BCUT2D eigenvalue weighted by atomic mass is 10.1. The number of ether oxygens (including phenoxy) is 1. The number of thioether (sulfide) groups is 1. The first-order valence-corrected chi connectivity index (χ1v) is 9.21. The van der Waals surface area contributed by atoms with Gasteiger partial charge in [0.15, 0.2) is 5.78 Å². The van der Waals surface area contributed by atoms with Crippen LogP contribution < -0.4 is 4.74 Å². The lowest BCUT2D eigenvalue weighted by Gasteiger charge is -2.06. The molecule has 0 saturated heterocycles. The van der Waals surface area contributed by atoms with E-state index >= 15 is 0 Å². The van der Waals surface area contributed by atoms with Crippen molar-refractivity contribution in [2.45, 2.75) is 12.1 Å². The van der Waals surface area contributed by atoms with Crippen molar-refractivity contribution >= 4 is 33.5 Å². The van der Waals surface area contributed by atoms with Crippen LogP contribution in [0, 0.1) is 6.92 Å². The summed E-state index contributed by atoms with van der Waals surface area (Å²) < 4.78 is 7.56. The van der Waals surface area contributed by atoms with E-state index in [1.807, 2.05) is 31.2 Å². The molecule has 8 heteroatoms. The minimum absolute atomic E-state index is 0.00727. The second-order valence-corrected chi connectivity index (χ2v) is 7.07. The Morgan fingerprint density at radius 3 is 2.84 bits per heavy atom. The third-order valence-corrected chi connectivity index (χ3v) is 5.03. The van der Waals surface area contributed by atoms with Gasteiger partial charge < -0.3 is 4.74 Å². The molecule has 0 aliphatic heterocycles. The fourth-order valence-electron chi connectivity index (χ4n) is 2.24. The maximum absolute atomic E-state index is 12.4. The zero-order valence-electron chi connectivity index (χ0n) is 13.6. The van der Waals surface area contributed by atoms with E-state index in [2.05, 4.69) is 31.5 Å². The van der Waals surface area contributed by atoms with Crippen LogP contribution in [0.15, 0.2) is 52.1 Å². The molecule has 0 spiro atoms. The van der Waals surface area contributed by atoms with Crippen LogP contribution >= 0.6 is 27.7 Å². The summed E-state index contributed by atoms with van der Waals surface area (Å²) in [5, 5.41) is 12.3. The number of methoxy groups -OCH3 is 1. The van der Waals surface area contributed by atoms with E-state index in [0.717, 1.165) is 15.7 Å². The monoisotopic (exact) mass is 418 g/mol. The average molecular weight is 419 g/mol. The van der Waals surface area contributed by atoms with E-state index in [1.54, 1.807) is 30.0 Å². The van der Waals surface area contributed by atoms with Gasteiger partial charge in [0.05, 0.1) is 23.0 Å². The van der Waals surface area contributed by atoms with Gasteiger partial charge in [0.25, 0.3) is 0 Å². The molecule has 0 radical (unpaired) electrons. The highest BCUT2D eigenvalue weighted by Gasteiger charge is 2.14. The number of aromatic nitrogens is 4. The first-order chi connectivity index (χ1) is 12.1. The lowest BCUT2D eigenvalue weighted by molar-refractivity contribution is 0.102. The fraction of sp³-hybridized carbons (Fsp3) is 0.176. The van der Waals surface area contributed by atoms with Crippen LogP contribution in [0.5, 0.6) is 5.75 Å². The molecule has 0 atom stereocenters. The number of carbonyl (C=O) groups excluding carboxylic acids is 1. The summed E-state index contributed by atoms with van der Waals surface area (Å²) in [6.45, 7) is 2.01. The van der Waals surface area contributed by atoms with Gasteiger partial charge in [-0.25, -0.2) is 0 Å². The van der Waals surface area contributed by atoms with Crippen LogP contribution in [0.3, 0.4) is 0 Å². The highest BCUT2D eigenvalue weighted by molar-refractivity contribution is 9.10. The fourth-order valence-corrected chi connectivity index (χ4v) is 3.57. The Morgan fingerprint density at radius 1 is 1.28 bits per heavy atom. The topological polar surface area (TPSA) is 69.9 Å². The number of hydrogen-bond donors (Lipinski definition) is 0. The largest absolute Gasteiger partial charge is 0.496 e. The number of halogens is 1. The van der Waals surface area contributed by atoms with E-state index in [4.69, 9.17) is 4.74 Å². The molecular formula is C17H15BrN4O2S. The molecule has 0 saturated carbocycles. The summed E-state index contributed by atoms with van der Waals surface area (Å²) in [6, 6.07) is 13.1. The molecular weight excluding hydrogens is 404 g/mol. The van der Waals surface area contributed by atoms with Gasteiger partial charge in [-0.2, -0.15) is 4.68 Å². The second kappa shape index (κ2) is 7.79. The van der Waals surface area contributed by atoms with E-state index < -0.39 is 0 Å². The van der Waals surface area contributed by atoms with Gasteiger partial charge in [-0.05, 0) is 69.2 Å². The van der Waals surface area contributed by atoms with E-state index in [1.165, 1.54) is 11.8 Å². The Balaban J connectivity index is 1.73. The number of carbonyl (C=O) groups is 1. The summed E-state index contributed by atoms with van der Waals surface area (Å²) >= 11 is 4.70. The predicted molar refractivity (Wildman–Crippen MR) is 99.6 cm³/mol. The molecule has 0 N–H and O–H groups in total. The molecule has 128 valence electrons. The summed E-state index contributed by atoms with van der Waals surface area (Å²) in [6.07, 6.45) is 0. The Hall–Kier alpha value is -2.19. The Kier molecular flexibility index (Phi) is 5.50. The number of Topliss-reactive ketones (excluding diaryl/α,β-unsaturated/α-hetero) is 1. The number of hydrogen-bond acceptors (Lipinski definition) is 6. The van der Waals surface area contributed by atoms with Crippen molar-refractivity contribution in [3.8, 4) is 11.4 Å². The predicted octanol–water partition coefficient (Wildman–Crippen LogP) is 3.72. The van der Waals surface area contributed by atoms with Gasteiger partial charge in [0.2, 0.25) is 5.16 Å². The molecule has 0 fully saturated rings. The number of tetrazole rings is 1. The molecule has 3 aromatic rings. The van der Waals surface area contributed by atoms with Crippen LogP contribution in [-0.2, 0) is 0 Å². The van der Waals surface area contributed by atoms with Crippen LogP contribution in [-0.4, -0.2) is 38.9 Å². The van der Waals surface area contributed by atoms with Crippen LogP contribution in [0.25, 0.3) is 5.69 Å². The Labute approximate surface area is 157 Å². The minimum Gasteiger partial charge on any atom is -0.496 e.